The van der Waals surface area contributed by atoms with Crippen LogP contribution in [0.4, 0.5) is 0 Å². The minimum atomic E-state index is 0.398. The van der Waals surface area contributed by atoms with Crippen LogP contribution in [0.3, 0.4) is 0 Å². The third-order valence-electron chi connectivity index (χ3n) is 4.24. The molecular weight excluding hydrogens is 224 g/mol. The van der Waals surface area contributed by atoms with Crippen LogP contribution in [0.1, 0.15) is 40.5 Å². The van der Waals surface area contributed by atoms with Crippen LogP contribution < -0.4 is 5.32 Å². The number of likely N-dealkylation sites (N-methyl/N-ethyl adjacent to an activating group) is 1. The lowest BCUT2D eigenvalue weighted by atomic mass is 9.74. The average Bonchev–Trinajstić information content (AvgIpc) is 2.38. The second-order valence-corrected chi connectivity index (χ2v) is 6.10. The average molecular weight is 256 g/mol. The van der Waals surface area contributed by atoms with Crippen LogP contribution in [0.5, 0.6) is 0 Å². The molecule has 108 valence electrons. The van der Waals surface area contributed by atoms with Crippen LogP contribution in [0.2, 0.25) is 0 Å². The van der Waals surface area contributed by atoms with Gasteiger partial charge in [0.1, 0.15) is 0 Å². The predicted octanol–water partition coefficient (Wildman–Crippen LogP) is 2.37. The highest BCUT2D eigenvalue weighted by Crippen LogP contribution is 2.32. The van der Waals surface area contributed by atoms with E-state index in [0.29, 0.717) is 5.41 Å². The first-order valence-electron chi connectivity index (χ1n) is 7.61. The molecule has 1 unspecified atom stereocenters. The van der Waals surface area contributed by atoms with E-state index >= 15 is 0 Å². The Morgan fingerprint density at radius 3 is 2.67 bits per heavy atom. The number of nitrogens with one attached hydrogen (secondary N) is 1. The van der Waals surface area contributed by atoms with Gasteiger partial charge >= 0.3 is 0 Å². The Morgan fingerprint density at radius 2 is 2.11 bits per heavy atom. The Balaban J connectivity index is 2.39. The van der Waals surface area contributed by atoms with Crippen LogP contribution >= 0.6 is 0 Å². The van der Waals surface area contributed by atoms with E-state index in [9.17, 15) is 0 Å². The molecule has 1 heterocycles. The minimum Gasteiger partial charge on any atom is -0.380 e. The fourth-order valence-electron chi connectivity index (χ4n) is 2.91. The summed E-state index contributed by atoms with van der Waals surface area (Å²) in [6, 6.07) is 0. The van der Waals surface area contributed by atoms with Gasteiger partial charge in [-0.2, -0.15) is 0 Å². The van der Waals surface area contributed by atoms with E-state index in [-0.39, 0.29) is 0 Å². The van der Waals surface area contributed by atoms with E-state index in [1.807, 2.05) is 0 Å². The summed E-state index contributed by atoms with van der Waals surface area (Å²) in [4.78, 5) is 2.53. The molecule has 3 nitrogen and oxygen atoms in total. The van der Waals surface area contributed by atoms with Crippen LogP contribution in [-0.2, 0) is 4.74 Å². The highest BCUT2D eigenvalue weighted by atomic mass is 16.5. The van der Waals surface area contributed by atoms with Crippen molar-refractivity contribution < 1.29 is 4.74 Å². The zero-order valence-corrected chi connectivity index (χ0v) is 12.8. The van der Waals surface area contributed by atoms with Crippen LogP contribution in [-0.4, -0.2) is 50.8 Å². The van der Waals surface area contributed by atoms with Gasteiger partial charge in [-0.25, -0.2) is 0 Å². The molecule has 0 amide bonds. The molecule has 0 aliphatic carbocycles. The van der Waals surface area contributed by atoms with Crippen molar-refractivity contribution in [3.05, 3.63) is 0 Å². The summed E-state index contributed by atoms with van der Waals surface area (Å²) < 4.78 is 5.47. The summed E-state index contributed by atoms with van der Waals surface area (Å²) in [7, 11) is 0. The summed E-state index contributed by atoms with van der Waals surface area (Å²) in [5.74, 6) is 0.812. The molecule has 18 heavy (non-hydrogen) atoms. The first-order chi connectivity index (χ1) is 8.60. The molecule has 1 aliphatic rings. The van der Waals surface area contributed by atoms with Gasteiger partial charge in [0.15, 0.2) is 0 Å². The number of nitrogens with zero attached hydrogens (tertiary/aromatic N) is 1. The van der Waals surface area contributed by atoms with Gasteiger partial charge in [0, 0.05) is 19.7 Å². The molecule has 0 aromatic rings. The minimum absolute atomic E-state index is 0.398. The smallest absolute Gasteiger partial charge is 0.0593 e. The Labute approximate surface area is 113 Å². The predicted molar refractivity (Wildman–Crippen MR) is 78.0 cm³/mol. The van der Waals surface area contributed by atoms with Crippen molar-refractivity contribution in [3.63, 3.8) is 0 Å². The largest absolute Gasteiger partial charge is 0.380 e. The fourth-order valence-corrected chi connectivity index (χ4v) is 2.91. The van der Waals surface area contributed by atoms with Gasteiger partial charge in [-0.3, -0.25) is 0 Å². The molecule has 0 aromatic heterocycles. The number of piperidine rings is 1. The summed E-state index contributed by atoms with van der Waals surface area (Å²) in [5, 5.41) is 3.54. The lowest BCUT2D eigenvalue weighted by Gasteiger charge is -2.40. The van der Waals surface area contributed by atoms with Gasteiger partial charge < -0.3 is 15.0 Å². The quantitative estimate of drug-likeness (QED) is 0.675. The van der Waals surface area contributed by atoms with E-state index < -0.39 is 0 Å². The lowest BCUT2D eigenvalue weighted by Crippen LogP contribution is -2.45. The van der Waals surface area contributed by atoms with Crippen molar-refractivity contribution in [2.45, 2.75) is 40.5 Å². The van der Waals surface area contributed by atoms with Gasteiger partial charge in [-0.1, -0.05) is 20.8 Å². The molecule has 1 rings (SSSR count). The summed E-state index contributed by atoms with van der Waals surface area (Å²) >= 11 is 0. The molecule has 0 bridgehead atoms. The van der Waals surface area contributed by atoms with Gasteiger partial charge in [-0.05, 0) is 50.7 Å². The molecule has 0 radical (unpaired) electrons. The molecule has 1 aliphatic heterocycles. The molecule has 0 spiro atoms. The van der Waals surface area contributed by atoms with E-state index in [4.69, 9.17) is 4.74 Å². The summed E-state index contributed by atoms with van der Waals surface area (Å²) in [5.41, 5.74) is 0.398. The third-order valence-corrected chi connectivity index (χ3v) is 4.24. The second kappa shape index (κ2) is 8.13. The standard InChI is InChI=1S/C15H32N2O/c1-5-17(10-11-18-6-2)13-15(3,4)14-8-7-9-16-12-14/h14,16H,5-13H2,1-4H3. The molecule has 0 aromatic carbocycles. The van der Waals surface area contributed by atoms with Gasteiger partial charge in [0.2, 0.25) is 0 Å². The topological polar surface area (TPSA) is 24.5 Å². The molecule has 1 N–H and O–H groups in total. The van der Waals surface area contributed by atoms with Crippen molar-refractivity contribution in [1.29, 1.82) is 0 Å². The van der Waals surface area contributed by atoms with Gasteiger partial charge in [0.05, 0.1) is 6.61 Å². The fraction of sp³-hybridized carbons (Fsp3) is 1.00. The van der Waals surface area contributed by atoms with Crippen LogP contribution in [0, 0.1) is 11.3 Å². The highest BCUT2D eigenvalue weighted by molar-refractivity contribution is 4.85. The molecule has 1 saturated heterocycles. The lowest BCUT2D eigenvalue weighted by molar-refractivity contribution is 0.0704. The van der Waals surface area contributed by atoms with Gasteiger partial charge in [0.25, 0.3) is 0 Å². The Hall–Kier alpha value is -0.120. The Bertz CT molecular complexity index is 213. The van der Waals surface area contributed by atoms with E-state index in [1.165, 1.54) is 32.5 Å². The maximum Gasteiger partial charge on any atom is 0.0593 e. The zero-order chi connectivity index (χ0) is 13.4. The maximum absolute atomic E-state index is 5.47. The first kappa shape index (κ1) is 15.9. The molecule has 3 heteroatoms. The Morgan fingerprint density at radius 1 is 1.33 bits per heavy atom. The first-order valence-corrected chi connectivity index (χ1v) is 7.61. The van der Waals surface area contributed by atoms with E-state index in [0.717, 1.165) is 32.2 Å². The summed E-state index contributed by atoms with van der Waals surface area (Å²) in [6.07, 6.45) is 2.71. The monoisotopic (exact) mass is 256 g/mol. The summed E-state index contributed by atoms with van der Waals surface area (Å²) in [6.45, 7) is 16.6. The third kappa shape index (κ3) is 5.25. The molecule has 0 saturated carbocycles. The maximum atomic E-state index is 5.47. The van der Waals surface area contributed by atoms with E-state index in [1.54, 1.807) is 0 Å². The zero-order valence-electron chi connectivity index (χ0n) is 12.8. The van der Waals surface area contributed by atoms with Crippen LogP contribution in [0.15, 0.2) is 0 Å². The second-order valence-electron chi connectivity index (χ2n) is 6.10. The normalized spacial score (nSPS) is 21.5. The Kier molecular flexibility index (Phi) is 7.20. The molecular formula is C15H32N2O. The highest BCUT2D eigenvalue weighted by Gasteiger charge is 2.31. The van der Waals surface area contributed by atoms with Gasteiger partial charge in [-0.15, -0.1) is 0 Å². The van der Waals surface area contributed by atoms with Crippen molar-refractivity contribution in [3.8, 4) is 0 Å². The number of hydrogen-bond donors (Lipinski definition) is 1. The number of rotatable bonds is 8. The SMILES string of the molecule is CCOCCN(CC)CC(C)(C)C1CCCNC1. The van der Waals surface area contributed by atoms with Crippen molar-refractivity contribution in [2.75, 3.05) is 45.9 Å². The molecule has 1 fully saturated rings. The molecule has 1 atom stereocenters. The number of ether oxygens (including phenoxy) is 1. The van der Waals surface area contributed by atoms with E-state index in [2.05, 4.69) is 37.9 Å². The number of hydrogen-bond acceptors (Lipinski definition) is 3. The van der Waals surface area contributed by atoms with Crippen LogP contribution in [0.25, 0.3) is 0 Å². The van der Waals surface area contributed by atoms with Crippen molar-refractivity contribution in [2.24, 2.45) is 11.3 Å². The van der Waals surface area contributed by atoms with Crippen molar-refractivity contribution in [1.82, 2.24) is 10.2 Å². The van der Waals surface area contributed by atoms with Crippen molar-refractivity contribution >= 4 is 0 Å².